The van der Waals surface area contributed by atoms with E-state index in [0.29, 0.717) is 5.69 Å². The summed E-state index contributed by atoms with van der Waals surface area (Å²) < 4.78 is 0. The molecule has 0 unspecified atom stereocenters. The molecule has 1 aromatic carbocycles. The van der Waals surface area contributed by atoms with Crippen LogP contribution in [0, 0.1) is 6.92 Å². The number of nitrogens with zero attached hydrogens (tertiary/aromatic N) is 1. The molecule has 1 aromatic heterocycles. The van der Waals surface area contributed by atoms with Crippen molar-refractivity contribution in [1.82, 2.24) is 4.98 Å². The minimum atomic E-state index is -0.133. The highest BCUT2D eigenvalue weighted by atomic mass is 16.3. The van der Waals surface area contributed by atoms with Gasteiger partial charge in [0.15, 0.2) is 0 Å². The van der Waals surface area contributed by atoms with Crippen molar-refractivity contribution in [3.05, 3.63) is 53.9 Å². The first-order valence-corrected chi connectivity index (χ1v) is 5.63. The predicted molar refractivity (Wildman–Crippen MR) is 69.4 cm³/mol. The number of aromatic hydroxyl groups is 1. The molecule has 0 saturated carbocycles. The Morgan fingerprint density at radius 1 is 1.39 bits per heavy atom. The fraction of sp³-hybridized carbons (Fsp3) is 0.143. The number of hydrogen-bond donors (Lipinski definition) is 2. The molecule has 0 spiro atoms. The van der Waals surface area contributed by atoms with Gasteiger partial charge in [0.05, 0.1) is 6.42 Å². The maximum Gasteiger partial charge on any atom is 0.228 e. The van der Waals surface area contributed by atoms with Gasteiger partial charge in [0.1, 0.15) is 5.75 Å². The van der Waals surface area contributed by atoms with Crippen LogP contribution < -0.4 is 5.32 Å². The average molecular weight is 242 g/mol. The average Bonchev–Trinajstić information content (AvgIpc) is 2.35. The van der Waals surface area contributed by atoms with Gasteiger partial charge >= 0.3 is 0 Å². The summed E-state index contributed by atoms with van der Waals surface area (Å²) in [6.45, 7) is 1.80. The van der Waals surface area contributed by atoms with Crippen LogP contribution in [0.2, 0.25) is 0 Å². The summed E-state index contributed by atoms with van der Waals surface area (Å²) in [4.78, 5) is 15.7. The maximum absolute atomic E-state index is 11.8. The first kappa shape index (κ1) is 12.1. The van der Waals surface area contributed by atoms with Gasteiger partial charge in [-0.25, -0.2) is 0 Å². The number of aromatic nitrogens is 1. The standard InChI is InChI=1S/C14H14N2O2/c1-10-4-5-12(8-13(10)17)16-14(18)7-11-3-2-6-15-9-11/h2-6,8-9,17H,7H2,1H3,(H,16,18). The lowest BCUT2D eigenvalue weighted by molar-refractivity contribution is -0.115. The Hall–Kier alpha value is -2.36. The normalized spacial score (nSPS) is 10.1. The number of pyridine rings is 1. The molecule has 0 saturated heterocycles. The first-order chi connectivity index (χ1) is 8.65. The van der Waals surface area contributed by atoms with Gasteiger partial charge in [-0.3, -0.25) is 9.78 Å². The highest BCUT2D eigenvalue weighted by Gasteiger charge is 2.05. The summed E-state index contributed by atoms with van der Waals surface area (Å²) in [6, 6.07) is 8.70. The molecule has 0 aliphatic heterocycles. The topological polar surface area (TPSA) is 62.2 Å². The van der Waals surface area contributed by atoms with Gasteiger partial charge in [0.25, 0.3) is 0 Å². The molecule has 4 heteroatoms. The van der Waals surface area contributed by atoms with Gasteiger partial charge in [-0.05, 0) is 30.2 Å². The highest BCUT2D eigenvalue weighted by molar-refractivity contribution is 5.92. The lowest BCUT2D eigenvalue weighted by Crippen LogP contribution is -2.14. The third-order valence-electron chi connectivity index (χ3n) is 2.58. The molecule has 0 fully saturated rings. The summed E-state index contributed by atoms with van der Waals surface area (Å²) in [6.07, 6.45) is 3.59. The highest BCUT2D eigenvalue weighted by Crippen LogP contribution is 2.20. The summed E-state index contributed by atoms with van der Waals surface area (Å²) >= 11 is 0. The van der Waals surface area contributed by atoms with E-state index >= 15 is 0 Å². The van der Waals surface area contributed by atoms with E-state index in [1.54, 1.807) is 37.5 Å². The fourth-order valence-corrected chi connectivity index (χ4v) is 1.58. The Labute approximate surface area is 105 Å². The van der Waals surface area contributed by atoms with Gasteiger partial charge in [0.2, 0.25) is 5.91 Å². The molecule has 0 aliphatic carbocycles. The van der Waals surface area contributed by atoms with Crippen molar-refractivity contribution in [2.24, 2.45) is 0 Å². The monoisotopic (exact) mass is 242 g/mol. The van der Waals surface area contributed by atoms with E-state index in [0.717, 1.165) is 11.1 Å². The second-order valence-corrected chi connectivity index (χ2v) is 4.09. The predicted octanol–water partition coefficient (Wildman–Crippen LogP) is 2.28. The van der Waals surface area contributed by atoms with Crippen molar-refractivity contribution in [3.8, 4) is 5.75 Å². The molecule has 0 radical (unpaired) electrons. The molecule has 1 heterocycles. The van der Waals surface area contributed by atoms with Crippen LogP contribution in [0.1, 0.15) is 11.1 Å². The van der Waals surface area contributed by atoms with Crippen molar-refractivity contribution in [1.29, 1.82) is 0 Å². The first-order valence-electron chi connectivity index (χ1n) is 5.63. The van der Waals surface area contributed by atoms with Gasteiger partial charge in [0, 0.05) is 24.1 Å². The molecule has 0 bridgehead atoms. The summed E-state index contributed by atoms with van der Waals surface area (Å²) in [5, 5.41) is 12.3. The molecule has 18 heavy (non-hydrogen) atoms. The molecule has 92 valence electrons. The number of phenols is 1. The minimum absolute atomic E-state index is 0.133. The van der Waals surface area contributed by atoms with Gasteiger partial charge in [-0.1, -0.05) is 12.1 Å². The smallest absolute Gasteiger partial charge is 0.228 e. The van der Waals surface area contributed by atoms with Gasteiger partial charge in [-0.2, -0.15) is 0 Å². The van der Waals surface area contributed by atoms with Crippen molar-refractivity contribution < 1.29 is 9.90 Å². The Morgan fingerprint density at radius 3 is 2.89 bits per heavy atom. The van der Waals surface area contributed by atoms with Crippen LogP contribution in [0.3, 0.4) is 0 Å². The Morgan fingerprint density at radius 2 is 2.22 bits per heavy atom. The number of nitrogens with one attached hydrogen (secondary N) is 1. The van der Waals surface area contributed by atoms with E-state index in [2.05, 4.69) is 10.3 Å². The number of phenolic OH excluding ortho intramolecular Hbond substituents is 1. The second kappa shape index (κ2) is 5.31. The number of rotatable bonds is 3. The Balaban J connectivity index is 2.01. The van der Waals surface area contributed by atoms with E-state index < -0.39 is 0 Å². The zero-order valence-electron chi connectivity index (χ0n) is 10.1. The van der Waals surface area contributed by atoms with E-state index in [-0.39, 0.29) is 18.1 Å². The minimum Gasteiger partial charge on any atom is -0.508 e. The number of aryl methyl sites for hydroxylation is 1. The lowest BCUT2D eigenvalue weighted by atomic mass is 10.2. The van der Waals surface area contributed by atoms with E-state index in [1.807, 2.05) is 6.07 Å². The van der Waals surface area contributed by atoms with Crippen LogP contribution in [-0.4, -0.2) is 16.0 Å². The van der Waals surface area contributed by atoms with Crippen molar-refractivity contribution in [3.63, 3.8) is 0 Å². The molecule has 2 aromatic rings. The number of anilines is 1. The zero-order valence-corrected chi connectivity index (χ0v) is 10.1. The van der Waals surface area contributed by atoms with Crippen molar-refractivity contribution in [2.45, 2.75) is 13.3 Å². The third kappa shape index (κ3) is 3.07. The summed E-state index contributed by atoms with van der Waals surface area (Å²) in [5.41, 5.74) is 2.22. The molecular weight excluding hydrogens is 228 g/mol. The molecule has 2 rings (SSSR count). The van der Waals surface area contributed by atoms with E-state index in [9.17, 15) is 9.90 Å². The SMILES string of the molecule is Cc1ccc(NC(=O)Cc2cccnc2)cc1O. The third-order valence-corrected chi connectivity index (χ3v) is 2.58. The summed E-state index contributed by atoms with van der Waals surface area (Å²) in [5.74, 6) is 0.0421. The van der Waals surface area contributed by atoms with Crippen LogP contribution in [-0.2, 0) is 11.2 Å². The quantitative estimate of drug-likeness (QED) is 0.868. The number of amides is 1. The van der Waals surface area contributed by atoms with Crippen LogP contribution >= 0.6 is 0 Å². The van der Waals surface area contributed by atoms with Gasteiger partial charge < -0.3 is 10.4 Å². The largest absolute Gasteiger partial charge is 0.508 e. The Bertz CT molecular complexity index is 553. The van der Waals surface area contributed by atoms with E-state index in [1.165, 1.54) is 6.07 Å². The number of benzene rings is 1. The molecular formula is C14H14N2O2. The van der Waals surface area contributed by atoms with Crippen molar-refractivity contribution in [2.75, 3.05) is 5.32 Å². The van der Waals surface area contributed by atoms with Crippen LogP contribution in [0.4, 0.5) is 5.69 Å². The van der Waals surface area contributed by atoms with Crippen LogP contribution in [0.15, 0.2) is 42.7 Å². The number of hydrogen-bond acceptors (Lipinski definition) is 3. The lowest BCUT2D eigenvalue weighted by Gasteiger charge is -2.06. The molecule has 2 N–H and O–H groups in total. The molecule has 4 nitrogen and oxygen atoms in total. The maximum atomic E-state index is 11.8. The van der Waals surface area contributed by atoms with Crippen LogP contribution in [0.25, 0.3) is 0 Å². The Kier molecular flexibility index (Phi) is 3.57. The van der Waals surface area contributed by atoms with Crippen molar-refractivity contribution >= 4 is 11.6 Å². The van der Waals surface area contributed by atoms with E-state index in [4.69, 9.17) is 0 Å². The zero-order chi connectivity index (χ0) is 13.0. The molecule has 1 amide bonds. The number of carbonyl (C=O) groups is 1. The second-order valence-electron chi connectivity index (χ2n) is 4.09. The fourth-order valence-electron chi connectivity index (χ4n) is 1.58. The van der Waals surface area contributed by atoms with Crippen LogP contribution in [0.5, 0.6) is 5.75 Å². The number of carbonyl (C=O) groups excluding carboxylic acids is 1. The summed E-state index contributed by atoms with van der Waals surface area (Å²) in [7, 11) is 0. The molecule has 0 atom stereocenters. The molecule has 0 aliphatic rings. The van der Waals surface area contributed by atoms with Gasteiger partial charge in [-0.15, -0.1) is 0 Å².